The first-order chi connectivity index (χ1) is 8.31. The maximum Gasteiger partial charge on any atom is 0.227 e. The van der Waals surface area contributed by atoms with Gasteiger partial charge in [0, 0.05) is 18.4 Å². The minimum atomic E-state index is -0.494. The smallest absolute Gasteiger partial charge is 0.227 e. The Morgan fingerprint density at radius 1 is 1.50 bits per heavy atom. The van der Waals surface area contributed by atoms with Crippen molar-refractivity contribution in [3.8, 4) is 5.75 Å². The van der Waals surface area contributed by atoms with Crippen molar-refractivity contribution in [3.05, 3.63) is 27.8 Å². The van der Waals surface area contributed by atoms with Gasteiger partial charge < -0.3 is 15.3 Å². The lowest BCUT2D eigenvalue weighted by molar-refractivity contribution is -0.118. The van der Waals surface area contributed by atoms with Crippen LogP contribution in [0.1, 0.15) is 44.1 Å². The van der Waals surface area contributed by atoms with Crippen LogP contribution in [0.5, 0.6) is 5.75 Å². The van der Waals surface area contributed by atoms with Gasteiger partial charge in [-0.1, -0.05) is 13.8 Å². The molecular weight excluding hydrogens is 234 g/mol. The molecule has 1 aromatic heterocycles. The maximum absolute atomic E-state index is 11.5. The lowest BCUT2D eigenvalue weighted by Gasteiger charge is -2.17. The molecule has 0 bridgehead atoms. The summed E-state index contributed by atoms with van der Waals surface area (Å²) in [4.78, 5) is 22.6. The van der Waals surface area contributed by atoms with E-state index in [0.717, 1.165) is 0 Å². The molecule has 18 heavy (non-hydrogen) atoms. The van der Waals surface area contributed by atoms with Crippen LogP contribution in [0.3, 0.4) is 0 Å². The second kappa shape index (κ2) is 5.71. The summed E-state index contributed by atoms with van der Waals surface area (Å²) in [5.74, 6) is -0.412. The highest BCUT2D eigenvalue weighted by molar-refractivity contribution is 5.74. The van der Waals surface area contributed by atoms with Crippen LogP contribution >= 0.6 is 0 Å². The molecule has 1 atom stereocenters. The van der Waals surface area contributed by atoms with E-state index < -0.39 is 17.1 Å². The number of aromatic hydroxyl groups is 1. The SMILES string of the molecule is Cc1cc(=O)c(O)c(C(CC(N)=O)CC(C)C)o1. The number of hydrogen-bond acceptors (Lipinski definition) is 4. The Kier molecular flexibility index (Phi) is 4.53. The summed E-state index contributed by atoms with van der Waals surface area (Å²) in [6.45, 7) is 5.60. The molecule has 0 saturated carbocycles. The third-order valence-corrected chi connectivity index (χ3v) is 2.65. The van der Waals surface area contributed by atoms with E-state index in [4.69, 9.17) is 10.2 Å². The normalized spacial score (nSPS) is 12.7. The van der Waals surface area contributed by atoms with Gasteiger partial charge in [-0.25, -0.2) is 0 Å². The first-order valence-corrected chi connectivity index (χ1v) is 5.93. The molecule has 0 aromatic carbocycles. The van der Waals surface area contributed by atoms with Gasteiger partial charge in [0.1, 0.15) is 5.76 Å². The third-order valence-electron chi connectivity index (χ3n) is 2.65. The molecule has 5 nitrogen and oxygen atoms in total. The molecule has 1 amide bonds. The Balaban J connectivity index is 3.19. The van der Waals surface area contributed by atoms with Crippen molar-refractivity contribution in [2.75, 3.05) is 0 Å². The fourth-order valence-electron chi connectivity index (χ4n) is 2.00. The fourth-order valence-corrected chi connectivity index (χ4v) is 2.00. The minimum absolute atomic E-state index is 0.0537. The summed E-state index contributed by atoms with van der Waals surface area (Å²) in [5.41, 5.74) is 4.70. The quantitative estimate of drug-likeness (QED) is 0.834. The van der Waals surface area contributed by atoms with Gasteiger partial charge in [-0.2, -0.15) is 0 Å². The zero-order valence-corrected chi connectivity index (χ0v) is 10.9. The van der Waals surface area contributed by atoms with Crippen LogP contribution in [0.4, 0.5) is 0 Å². The molecule has 0 aliphatic rings. The topological polar surface area (TPSA) is 93.5 Å². The largest absolute Gasteiger partial charge is 0.502 e. The van der Waals surface area contributed by atoms with E-state index in [1.54, 1.807) is 6.92 Å². The van der Waals surface area contributed by atoms with Gasteiger partial charge in [-0.15, -0.1) is 0 Å². The van der Waals surface area contributed by atoms with Gasteiger partial charge >= 0.3 is 0 Å². The van der Waals surface area contributed by atoms with Gasteiger partial charge in [0.25, 0.3) is 0 Å². The highest BCUT2D eigenvalue weighted by Crippen LogP contribution is 2.31. The molecule has 0 radical (unpaired) electrons. The van der Waals surface area contributed by atoms with Gasteiger partial charge in [-0.05, 0) is 19.3 Å². The van der Waals surface area contributed by atoms with Crippen LogP contribution in [0.15, 0.2) is 15.3 Å². The molecule has 1 rings (SSSR count). The molecule has 0 aliphatic carbocycles. The van der Waals surface area contributed by atoms with Crippen LogP contribution < -0.4 is 11.2 Å². The maximum atomic E-state index is 11.5. The number of nitrogens with two attached hydrogens (primary N) is 1. The summed E-state index contributed by atoms with van der Waals surface area (Å²) in [6, 6.07) is 1.22. The zero-order valence-electron chi connectivity index (χ0n) is 10.9. The molecule has 1 aromatic rings. The van der Waals surface area contributed by atoms with Crippen molar-refractivity contribution < 1.29 is 14.3 Å². The lowest BCUT2D eigenvalue weighted by Crippen LogP contribution is -2.18. The molecule has 0 aliphatic heterocycles. The number of amides is 1. The molecule has 0 saturated heterocycles. The highest BCUT2D eigenvalue weighted by Gasteiger charge is 2.23. The second-order valence-electron chi connectivity index (χ2n) is 4.93. The van der Waals surface area contributed by atoms with Crippen LogP contribution in [-0.4, -0.2) is 11.0 Å². The van der Waals surface area contributed by atoms with E-state index in [1.165, 1.54) is 6.07 Å². The van der Waals surface area contributed by atoms with E-state index in [1.807, 2.05) is 13.8 Å². The number of aryl methyl sites for hydroxylation is 1. The average Bonchev–Trinajstić information content (AvgIpc) is 2.21. The van der Waals surface area contributed by atoms with Crippen molar-refractivity contribution in [2.24, 2.45) is 11.7 Å². The first kappa shape index (κ1) is 14.3. The molecule has 1 heterocycles. The Morgan fingerprint density at radius 3 is 2.61 bits per heavy atom. The number of carbonyl (C=O) groups excluding carboxylic acids is 1. The number of primary amides is 1. The Hall–Kier alpha value is -1.78. The molecule has 3 N–H and O–H groups in total. The van der Waals surface area contributed by atoms with Crippen LogP contribution in [0.25, 0.3) is 0 Å². The summed E-state index contributed by atoms with van der Waals surface area (Å²) >= 11 is 0. The molecule has 0 spiro atoms. The third kappa shape index (κ3) is 3.61. The van der Waals surface area contributed by atoms with Gasteiger partial charge in [0.2, 0.25) is 17.1 Å². The second-order valence-corrected chi connectivity index (χ2v) is 4.93. The Labute approximate surface area is 106 Å². The van der Waals surface area contributed by atoms with Gasteiger partial charge in [-0.3, -0.25) is 9.59 Å². The van der Waals surface area contributed by atoms with Gasteiger partial charge in [0.15, 0.2) is 5.76 Å². The Morgan fingerprint density at radius 2 is 2.11 bits per heavy atom. The summed E-state index contributed by atoms with van der Waals surface area (Å²) in [7, 11) is 0. The minimum Gasteiger partial charge on any atom is -0.502 e. The summed E-state index contributed by atoms with van der Waals surface area (Å²) in [5, 5.41) is 9.76. The molecular formula is C13H19NO4. The van der Waals surface area contributed by atoms with Crippen molar-refractivity contribution >= 4 is 5.91 Å². The summed E-state index contributed by atoms with van der Waals surface area (Å²) < 4.78 is 5.40. The van der Waals surface area contributed by atoms with Crippen molar-refractivity contribution in [1.82, 2.24) is 0 Å². The van der Waals surface area contributed by atoms with Crippen molar-refractivity contribution in [3.63, 3.8) is 0 Å². The zero-order chi connectivity index (χ0) is 13.9. The standard InChI is InChI=1S/C13H19NO4/c1-7(2)4-9(6-11(14)16)13-12(17)10(15)5-8(3)18-13/h5,7,9,17H,4,6H2,1-3H3,(H2,14,16). The average molecular weight is 253 g/mol. The monoisotopic (exact) mass is 253 g/mol. The van der Waals surface area contributed by atoms with Crippen molar-refractivity contribution in [2.45, 2.75) is 39.5 Å². The predicted octanol–water partition coefficient (Wildman–Crippen LogP) is 1.66. The number of rotatable bonds is 5. The molecule has 1 unspecified atom stereocenters. The van der Waals surface area contributed by atoms with E-state index in [2.05, 4.69) is 0 Å². The van der Waals surface area contributed by atoms with Gasteiger partial charge in [0.05, 0.1) is 0 Å². The molecule has 5 heteroatoms. The van der Waals surface area contributed by atoms with E-state index in [-0.39, 0.29) is 18.1 Å². The van der Waals surface area contributed by atoms with E-state index in [0.29, 0.717) is 18.1 Å². The lowest BCUT2D eigenvalue weighted by atomic mass is 9.91. The van der Waals surface area contributed by atoms with E-state index >= 15 is 0 Å². The van der Waals surface area contributed by atoms with Crippen LogP contribution in [-0.2, 0) is 4.79 Å². The van der Waals surface area contributed by atoms with Crippen LogP contribution in [0, 0.1) is 12.8 Å². The van der Waals surface area contributed by atoms with E-state index in [9.17, 15) is 14.7 Å². The number of hydrogen-bond donors (Lipinski definition) is 2. The summed E-state index contributed by atoms with van der Waals surface area (Å²) in [6.07, 6.45) is 0.668. The predicted molar refractivity (Wildman–Crippen MR) is 67.4 cm³/mol. The Bertz CT molecular complexity index is 490. The van der Waals surface area contributed by atoms with Crippen LogP contribution in [0.2, 0.25) is 0 Å². The van der Waals surface area contributed by atoms with Crippen molar-refractivity contribution in [1.29, 1.82) is 0 Å². The highest BCUT2D eigenvalue weighted by atomic mass is 16.4. The fraction of sp³-hybridized carbons (Fsp3) is 0.538. The molecule has 0 fully saturated rings. The first-order valence-electron chi connectivity index (χ1n) is 5.93. The molecule has 100 valence electrons. The number of carbonyl (C=O) groups is 1.